The molecule has 1 N–H and O–H groups in total. The fraction of sp³-hybridized carbons (Fsp3) is 1.00. The molecule has 2 heterocycles. The Morgan fingerprint density at radius 2 is 2.40 bits per heavy atom. The number of fused-ring (bicyclic) bond motifs is 1. The Labute approximate surface area is 61.9 Å². The van der Waals surface area contributed by atoms with E-state index in [0.717, 1.165) is 12.5 Å². The van der Waals surface area contributed by atoms with Gasteiger partial charge in [-0.05, 0) is 26.3 Å². The second-order valence-corrected chi connectivity index (χ2v) is 3.47. The van der Waals surface area contributed by atoms with Gasteiger partial charge in [-0.2, -0.15) is 0 Å². The molecular formula is C8H15NO. The molecule has 0 unspecified atom stereocenters. The van der Waals surface area contributed by atoms with Crippen molar-refractivity contribution in [3.8, 4) is 0 Å². The van der Waals surface area contributed by atoms with E-state index < -0.39 is 0 Å². The Balaban J connectivity index is 1.97. The molecule has 58 valence electrons. The summed E-state index contributed by atoms with van der Waals surface area (Å²) in [6.07, 6.45) is 3.57. The average Bonchev–Trinajstić information content (AvgIpc) is 2.27. The molecule has 0 aromatic rings. The molecule has 0 aromatic carbocycles. The van der Waals surface area contributed by atoms with E-state index in [1.54, 1.807) is 0 Å². The van der Waals surface area contributed by atoms with Crippen LogP contribution in [0.5, 0.6) is 0 Å². The SMILES string of the molecule is C[C@H]1C[C@H]2CNCC[C@@H]2O1. The van der Waals surface area contributed by atoms with Gasteiger partial charge in [0, 0.05) is 12.5 Å². The monoisotopic (exact) mass is 141 g/mol. The van der Waals surface area contributed by atoms with Gasteiger partial charge in [0.1, 0.15) is 0 Å². The van der Waals surface area contributed by atoms with Crippen molar-refractivity contribution in [3.05, 3.63) is 0 Å². The van der Waals surface area contributed by atoms with Gasteiger partial charge < -0.3 is 10.1 Å². The zero-order valence-electron chi connectivity index (χ0n) is 6.47. The van der Waals surface area contributed by atoms with Crippen LogP contribution in [-0.2, 0) is 4.74 Å². The van der Waals surface area contributed by atoms with E-state index in [-0.39, 0.29) is 0 Å². The Hall–Kier alpha value is -0.0800. The second kappa shape index (κ2) is 2.51. The summed E-state index contributed by atoms with van der Waals surface area (Å²) in [5.41, 5.74) is 0. The third kappa shape index (κ3) is 1.06. The number of hydrogen-bond acceptors (Lipinski definition) is 2. The molecule has 0 bridgehead atoms. The summed E-state index contributed by atoms with van der Waals surface area (Å²) < 4.78 is 5.73. The van der Waals surface area contributed by atoms with Gasteiger partial charge >= 0.3 is 0 Å². The van der Waals surface area contributed by atoms with Gasteiger partial charge in [0.05, 0.1) is 12.2 Å². The Kier molecular flexibility index (Phi) is 1.66. The average molecular weight is 141 g/mol. The molecule has 2 heteroatoms. The molecule has 3 atom stereocenters. The number of piperidine rings is 1. The lowest BCUT2D eigenvalue weighted by atomic mass is 9.95. The van der Waals surface area contributed by atoms with E-state index in [4.69, 9.17) is 4.74 Å². The molecule has 0 saturated carbocycles. The summed E-state index contributed by atoms with van der Waals surface area (Å²) in [6.45, 7) is 4.50. The van der Waals surface area contributed by atoms with E-state index in [0.29, 0.717) is 12.2 Å². The van der Waals surface area contributed by atoms with Crippen molar-refractivity contribution in [1.29, 1.82) is 0 Å². The predicted octanol–water partition coefficient (Wildman–Crippen LogP) is 0.773. The van der Waals surface area contributed by atoms with Crippen LogP contribution in [0.1, 0.15) is 19.8 Å². The lowest BCUT2D eigenvalue weighted by Gasteiger charge is -2.24. The third-order valence-corrected chi connectivity index (χ3v) is 2.58. The molecule has 0 radical (unpaired) electrons. The van der Waals surface area contributed by atoms with Crippen molar-refractivity contribution in [2.75, 3.05) is 13.1 Å². The summed E-state index contributed by atoms with van der Waals surface area (Å²) >= 11 is 0. The fourth-order valence-corrected chi connectivity index (χ4v) is 2.09. The van der Waals surface area contributed by atoms with Crippen LogP contribution in [-0.4, -0.2) is 25.3 Å². The molecule has 2 aliphatic rings. The Morgan fingerprint density at radius 3 is 3.20 bits per heavy atom. The molecule has 0 spiro atoms. The third-order valence-electron chi connectivity index (χ3n) is 2.58. The lowest BCUT2D eigenvalue weighted by Crippen LogP contribution is -2.37. The standard InChI is InChI=1S/C8H15NO/c1-6-4-7-5-9-3-2-8(7)10-6/h6-9H,2-5H2,1H3/t6-,7-,8-/m0/s1. The highest BCUT2D eigenvalue weighted by Gasteiger charge is 2.34. The lowest BCUT2D eigenvalue weighted by molar-refractivity contribution is 0.0312. The Bertz CT molecular complexity index is 112. The number of nitrogens with one attached hydrogen (secondary N) is 1. The van der Waals surface area contributed by atoms with Gasteiger partial charge in [-0.15, -0.1) is 0 Å². The van der Waals surface area contributed by atoms with Crippen molar-refractivity contribution in [2.45, 2.75) is 32.0 Å². The minimum atomic E-state index is 0.509. The highest BCUT2D eigenvalue weighted by molar-refractivity contribution is 4.85. The van der Waals surface area contributed by atoms with Crippen molar-refractivity contribution in [3.63, 3.8) is 0 Å². The number of ether oxygens (including phenoxy) is 1. The smallest absolute Gasteiger partial charge is 0.0632 e. The van der Waals surface area contributed by atoms with E-state index in [9.17, 15) is 0 Å². The molecule has 2 rings (SSSR count). The minimum Gasteiger partial charge on any atom is -0.375 e. The van der Waals surface area contributed by atoms with Crippen molar-refractivity contribution >= 4 is 0 Å². The van der Waals surface area contributed by atoms with Crippen LogP contribution in [0.3, 0.4) is 0 Å². The molecule has 0 amide bonds. The van der Waals surface area contributed by atoms with Gasteiger partial charge in [0.2, 0.25) is 0 Å². The van der Waals surface area contributed by atoms with E-state index in [1.165, 1.54) is 19.4 Å². The summed E-state index contributed by atoms with van der Waals surface area (Å²) in [4.78, 5) is 0. The summed E-state index contributed by atoms with van der Waals surface area (Å²) in [5.74, 6) is 0.809. The van der Waals surface area contributed by atoms with E-state index in [2.05, 4.69) is 12.2 Å². The van der Waals surface area contributed by atoms with Gasteiger partial charge in [0.15, 0.2) is 0 Å². The van der Waals surface area contributed by atoms with Gasteiger partial charge in [-0.25, -0.2) is 0 Å². The van der Waals surface area contributed by atoms with Crippen LogP contribution in [0.15, 0.2) is 0 Å². The Morgan fingerprint density at radius 1 is 1.50 bits per heavy atom. The first-order chi connectivity index (χ1) is 4.86. The molecule has 0 aliphatic carbocycles. The van der Waals surface area contributed by atoms with E-state index in [1.807, 2.05) is 0 Å². The van der Waals surface area contributed by atoms with Crippen LogP contribution in [0.25, 0.3) is 0 Å². The fourth-order valence-electron chi connectivity index (χ4n) is 2.09. The number of hydrogen-bond donors (Lipinski definition) is 1. The van der Waals surface area contributed by atoms with Crippen molar-refractivity contribution in [2.24, 2.45) is 5.92 Å². The zero-order valence-corrected chi connectivity index (χ0v) is 6.47. The first-order valence-electron chi connectivity index (χ1n) is 4.22. The molecule has 2 saturated heterocycles. The summed E-state index contributed by atoms with van der Waals surface area (Å²) in [5, 5.41) is 3.40. The molecule has 2 fully saturated rings. The maximum Gasteiger partial charge on any atom is 0.0632 e. The quantitative estimate of drug-likeness (QED) is 0.538. The van der Waals surface area contributed by atoms with Crippen molar-refractivity contribution in [1.82, 2.24) is 5.32 Å². The minimum absolute atomic E-state index is 0.509. The summed E-state index contributed by atoms with van der Waals surface area (Å²) in [6, 6.07) is 0. The van der Waals surface area contributed by atoms with Crippen LogP contribution in [0.2, 0.25) is 0 Å². The molecule has 2 aliphatic heterocycles. The van der Waals surface area contributed by atoms with Crippen molar-refractivity contribution < 1.29 is 4.74 Å². The summed E-state index contributed by atoms with van der Waals surface area (Å²) in [7, 11) is 0. The zero-order chi connectivity index (χ0) is 6.97. The molecule has 2 nitrogen and oxygen atoms in total. The van der Waals surface area contributed by atoms with Crippen LogP contribution in [0, 0.1) is 5.92 Å². The molecule has 0 aromatic heterocycles. The highest BCUT2D eigenvalue weighted by Crippen LogP contribution is 2.29. The second-order valence-electron chi connectivity index (χ2n) is 3.47. The highest BCUT2D eigenvalue weighted by atomic mass is 16.5. The number of rotatable bonds is 0. The molecular weight excluding hydrogens is 126 g/mol. The largest absolute Gasteiger partial charge is 0.375 e. The topological polar surface area (TPSA) is 21.3 Å². The maximum atomic E-state index is 5.73. The molecule has 10 heavy (non-hydrogen) atoms. The normalized spacial score (nSPS) is 47.1. The van der Waals surface area contributed by atoms with Crippen LogP contribution < -0.4 is 5.32 Å². The van der Waals surface area contributed by atoms with Crippen LogP contribution in [0.4, 0.5) is 0 Å². The van der Waals surface area contributed by atoms with Crippen LogP contribution >= 0.6 is 0 Å². The van der Waals surface area contributed by atoms with Gasteiger partial charge in [-0.3, -0.25) is 0 Å². The first-order valence-corrected chi connectivity index (χ1v) is 4.22. The maximum absolute atomic E-state index is 5.73. The van der Waals surface area contributed by atoms with E-state index >= 15 is 0 Å². The van der Waals surface area contributed by atoms with Gasteiger partial charge in [-0.1, -0.05) is 0 Å². The predicted molar refractivity (Wildman–Crippen MR) is 39.9 cm³/mol. The van der Waals surface area contributed by atoms with Gasteiger partial charge in [0.25, 0.3) is 0 Å². The first kappa shape index (κ1) is 6.62.